The number of rotatable bonds is 9. The first kappa shape index (κ1) is 19.0. The van der Waals surface area contributed by atoms with E-state index in [-0.39, 0.29) is 5.91 Å². The first-order valence-electron chi connectivity index (χ1n) is 9.68. The number of carbonyl (C=O) groups excluding carboxylic acids is 1. The van der Waals surface area contributed by atoms with Crippen LogP contribution >= 0.6 is 0 Å². The van der Waals surface area contributed by atoms with Crippen LogP contribution in [0.15, 0.2) is 54.7 Å². The number of ether oxygens (including phenoxy) is 1. The van der Waals surface area contributed by atoms with Crippen LogP contribution in [0.5, 0.6) is 5.75 Å². The number of fused-ring (bicyclic) bond motifs is 1. The molecule has 0 radical (unpaired) electrons. The van der Waals surface area contributed by atoms with E-state index in [1.165, 1.54) is 16.5 Å². The fourth-order valence-electron chi connectivity index (χ4n) is 3.28. The lowest BCUT2D eigenvalue weighted by Crippen LogP contribution is -2.22. The molecule has 0 aliphatic rings. The lowest BCUT2D eigenvalue weighted by Gasteiger charge is -2.07. The summed E-state index contributed by atoms with van der Waals surface area (Å²) in [6, 6.07) is 16.3. The Labute approximate surface area is 161 Å². The minimum atomic E-state index is 0.0987. The number of hydrogen-bond acceptors (Lipinski definition) is 2. The molecule has 0 bridgehead atoms. The third-order valence-electron chi connectivity index (χ3n) is 4.72. The first-order chi connectivity index (χ1) is 13.2. The molecular weight excluding hydrogens is 336 g/mol. The molecular formula is C23H28N2O2. The van der Waals surface area contributed by atoms with E-state index in [1.54, 1.807) is 0 Å². The average Bonchev–Trinajstić information content (AvgIpc) is 3.02. The molecule has 0 aliphatic carbocycles. The van der Waals surface area contributed by atoms with Crippen molar-refractivity contribution in [1.82, 2.24) is 9.88 Å². The van der Waals surface area contributed by atoms with Gasteiger partial charge < -0.3 is 14.6 Å². The van der Waals surface area contributed by atoms with Gasteiger partial charge in [-0.15, -0.1) is 0 Å². The molecule has 0 atom stereocenters. The molecule has 0 saturated carbocycles. The minimum absolute atomic E-state index is 0.0987. The number of hydrogen-bond donors (Lipinski definition) is 1. The second-order valence-corrected chi connectivity index (χ2v) is 6.91. The van der Waals surface area contributed by atoms with Crippen LogP contribution in [0, 0.1) is 0 Å². The van der Waals surface area contributed by atoms with Crippen LogP contribution in [-0.4, -0.2) is 17.1 Å². The molecule has 0 unspecified atom stereocenters. The molecule has 0 saturated heterocycles. The van der Waals surface area contributed by atoms with Crippen molar-refractivity contribution in [3.05, 3.63) is 65.9 Å². The number of aryl methyl sites for hydroxylation is 2. The third-order valence-corrected chi connectivity index (χ3v) is 4.72. The predicted octanol–water partition coefficient (Wildman–Crippen LogP) is 4.61. The van der Waals surface area contributed by atoms with E-state index >= 15 is 0 Å². The minimum Gasteiger partial charge on any atom is -0.494 e. The SMILES string of the molecule is CCCOc1ccc(CNC(=O)CCCc2cn(C)c3ccccc23)cc1. The van der Waals surface area contributed by atoms with Crippen molar-refractivity contribution in [2.75, 3.05) is 6.61 Å². The van der Waals surface area contributed by atoms with E-state index < -0.39 is 0 Å². The van der Waals surface area contributed by atoms with Crippen molar-refractivity contribution in [3.63, 3.8) is 0 Å². The maximum atomic E-state index is 12.1. The number of para-hydroxylation sites is 1. The highest BCUT2D eigenvalue weighted by atomic mass is 16.5. The quantitative estimate of drug-likeness (QED) is 0.603. The van der Waals surface area contributed by atoms with Crippen molar-refractivity contribution >= 4 is 16.8 Å². The molecule has 1 aromatic heterocycles. The number of aromatic nitrogens is 1. The molecule has 1 N–H and O–H groups in total. The van der Waals surface area contributed by atoms with Gasteiger partial charge in [-0.3, -0.25) is 4.79 Å². The Morgan fingerprint density at radius 2 is 1.89 bits per heavy atom. The normalized spacial score (nSPS) is 10.9. The largest absolute Gasteiger partial charge is 0.494 e. The molecule has 27 heavy (non-hydrogen) atoms. The smallest absolute Gasteiger partial charge is 0.220 e. The summed E-state index contributed by atoms with van der Waals surface area (Å²) < 4.78 is 7.73. The monoisotopic (exact) mass is 364 g/mol. The standard InChI is InChI=1S/C23H28N2O2/c1-3-15-27-20-13-11-18(12-14-20)16-24-23(26)10-6-7-19-17-25(2)22-9-5-4-8-21(19)22/h4-5,8-9,11-14,17H,3,6-7,10,15-16H2,1-2H3,(H,24,26). The van der Waals surface area contributed by atoms with Crippen LogP contribution in [-0.2, 0) is 24.8 Å². The van der Waals surface area contributed by atoms with Gasteiger partial charge in [0.15, 0.2) is 0 Å². The van der Waals surface area contributed by atoms with Crippen LogP contribution in [0.1, 0.15) is 37.3 Å². The van der Waals surface area contributed by atoms with Gasteiger partial charge in [0.25, 0.3) is 0 Å². The van der Waals surface area contributed by atoms with Crippen LogP contribution in [0.3, 0.4) is 0 Å². The highest BCUT2D eigenvalue weighted by Gasteiger charge is 2.07. The molecule has 0 fully saturated rings. The summed E-state index contributed by atoms with van der Waals surface area (Å²) in [6.45, 7) is 3.37. The lowest BCUT2D eigenvalue weighted by atomic mass is 10.1. The zero-order chi connectivity index (χ0) is 19.1. The van der Waals surface area contributed by atoms with Gasteiger partial charge in [-0.1, -0.05) is 37.3 Å². The second-order valence-electron chi connectivity index (χ2n) is 6.91. The Morgan fingerprint density at radius 3 is 2.67 bits per heavy atom. The van der Waals surface area contributed by atoms with Gasteiger partial charge >= 0.3 is 0 Å². The van der Waals surface area contributed by atoms with E-state index in [9.17, 15) is 4.79 Å². The lowest BCUT2D eigenvalue weighted by molar-refractivity contribution is -0.121. The van der Waals surface area contributed by atoms with Crippen molar-refractivity contribution in [2.24, 2.45) is 7.05 Å². The molecule has 0 aliphatic heterocycles. The average molecular weight is 364 g/mol. The summed E-state index contributed by atoms with van der Waals surface area (Å²) in [7, 11) is 2.07. The van der Waals surface area contributed by atoms with Gasteiger partial charge in [0, 0.05) is 37.1 Å². The summed E-state index contributed by atoms with van der Waals surface area (Å²) in [5.41, 5.74) is 3.63. The number of benzene rings is 2. The number of amides is 1. The van der Waals surface area contributed by atoms with E-state index in [0.717, 1.165) is 37.2 Å². The Bertz CT molecular complexity index is 881. The van der Waals surface area contributed by atoms with Gasteiger partial charge in [-0.2, -0.15) is 0 Å². The van der Waals surface area contributed by atoms with Gasteiger partial charge in [0.2, 0.25) is 5.91 Å². The predicted molar refractivity (Wildman–Crippen MR) is 110 cm³/mol. The summed E-state index contributed by atoms with van der Waals surface area (Å²) in [6.07, 6.45) is 5.48. The molecule has 1 heterocycles. The van der Waals surface area contributed by atoms with Gasteiger partial charge in [0.05, 0.1) is 6.61 Å². The van der Waals surface area contributed by atoms with Crippen LogP contribution < -0.4 is 10.1 Å². The molecule has 3 rings (SSSR count). The zero-order valence-corrected chi connectivity index (χ0v) is 16.2. The number of carbonyl (C=O) groups is 1. The summed E-state index contributed by atoms with van der Waals surface area (Å²) in [4.78, 5) is 12.1. The van der Waals surface area contributed by atoms with Gasteiger partial charge in [0.1, 0.15) is 5.75 Å². The van der Waals surface area contributed by atoms with Crippen LogP contribution in [0.2, 0.25) is 0 Å². The fraction of sp³-hybridized carbons (Fsp3) is 0.348. The Hall–Kier alpha value is -2.75. The third kappa shape index (κ3) is 5.13. The number of nitrogens with one attached hydrogen (secondary N) is 1. The van der Waals surface area contributed by atoms with Crippen molar-refractivity contribution in [3.8, 4) is 5.75 Å². The van der Waals surface area contributed by atoms with E-state index in [1.807, 2.05) is 24.3 Å². The van der Waals surface area contributed by atoms with Crippen LogP contribution in [0.25, 0.3) is 10.9 Å². The van der Waals surface area contributed by atoms with Crippen molar-refractivity contribution in [1.29, 1.82) is 0 Å². The first-order valence-corrected chi connectivity index (χ1v) is 9.68. The van der Waals surface area contributed by atoms with Gasteiger partial charge in [-0.25, -0.2) is 0 Å². The fourth-order valence-corrected chi connectivity index (χ4v) is 3.28. The molecule has 142 valence electrons. The van der Waals surface area contributed by atoms with Crippen LogP contribution in [0.4, 0.5) is 0 Å². The molecule has 3 aromatic rings. The van der Waals surface area contributed by atoms with E-state index in [0.29, 0.717) is 13.0 Å². The highest BCUT2D eigenvalue weighted by molar-refractivity contribution is 5.84. The molecule has 4 nitrogen and oxygen atoms in total. The summed E-state index contributed by atoms with van der Waals surface area (Å²) in [5, 5.41) is 4.29. The zero-order valence-electron chi connectivity index (χ0n) is 16.2. The maximum absolute atomic E-state index is 12.1. The highest BCUT2D eigenvalue weighted by Crippen LogP contribution is 2.21. The maximum Gasteiger partial charge on any atom is 0.220 e. The van der Waals surface area contributed by atoms with E-state index in [2.05, 4.69) is 54.3 Å². The molecule has 2 aromatic carbocycles. The van der Waals surface area contributed by atoms with Crippen molar-refractivity contribution in [2.45, 2.75) is 39.2 Å². The summed E-state index contributed by atoms with van der Waals surface area (Å²) >= 11 is 0. The Kier molecular flexibility index (Phi) is 6.53. The molecule has 4 heteroatoms. The van der Waals surface area contributed by atoms with Crippen molar-refractivity contribution < 1.29 is 9.53 Å². The molecule has 0 spiro atoms. The Balaban J connectivity index is 1.43. The molecule has 1 amide bonds. The summed E-state index contributed by atoms with van der Waals surface area (Å²) in [5.74, 6) is 0.976. The number of nitrogens with zero attached hydrogens (tertiary/aromatic N) is 1. The van der Waals surface area contributed by atoms with Gasteiger partial charge in [-0.05, 0) is 48.6 Å². The van der Waals surface area contributed by atoms with E-state index in [4.69, 9.17) is 4.74 Å². The Morgan fingerprint density at radius 1 is 1.11 bits per heavy atom. The topological polar surface area (TPSA) is 43.3 Å². The second kappa shape index (κ2) is 9.26.